The molecule has 0 radical (unpaired) electrons. The smallest absolute Gasteiger partial charge is 0.304 e. The van der Waals surface area contributed by atoms with Crippen LogP contribution in [0.5, 0.6) is 0 Å². The van der Waals surface area contributed by atoms with Gasteiger partial charge in [0.1, 0.15) is 6.07 Å². The van der Waals surface area contributed by atoms with Crippen molar-refractivity contribution in [2.45, 2.75) is 13.3 Å². The van der Waals surface area contributed by atoms with Gasteiger partial charge in [-0.05, 0) is 18.7 Å². The number of carbonyl (C=O) groups is 2. The second-order valence-corrected chi connectivity index (χ2v) is 4.22. The third kappa shape index (κ3) is 5.08. The molecule has 0 bridgehead atoms. The van der Waals surface area contributed by atoms with Crippen LogP contribution in [0, 0.1) is 11.3 Å². The molecule has 0 aliphatic heterocycles. The normalized spacial score (nSPS) is 10.1. The van der Waals surface area contributed by atoms with Gasteiger partial charge in [-0.25, -0.2) is 0 Å². The maximum Gasteiger partial charge on any atom is 0.304 e. The van der Waals surface area contributed by atoms with Gasteiger partial charge in [0.05, 0.1) is 24.2 Å². The fourth-order valence-electron chi connectivity index (χ4n) is 1.69. The Balaban J connectivity index is 2.58. The molecule has 1 aromatic carbocycles. The third-order valence-corrected chi connectivity index (χ3v) is 2.78. The van der Waals surface area contributed by atoms with E-state index in [4.69, 9.17) is 10.4 Å². The SMILES string of the molecule is CCN(CCC(=O)O)CC(=O)Nc1ccccc1C#N. The molecule has 0 aliphatic carbocycles. The van der Waals surface area contributed by atoms with Crippen molar-refractivity contribution >= 4 is 17.6 Å². The number of rotatable bonds is 7. The first-order chi connectivity index (χ1) is 9.56. The third-order valence-electron chi connectivity index (χ3n) is 2.78. The molecule has 0 saturated carbocycles. The Morgan fingerprint density at radius 3 is 2.70 bits per heavy atom. The Kier molecular flexibility index (Phi) is 6.20. The van der Waals surface area contributed by atoms with E-state index in [1.54, 1.807) is 29.2 Å². The van der Waals surface area contributed by atoms with Crippen molar-refractivity contribution in [1.29, 1.82) is 5.26 Å². The zero-order valence-corrected chi connectivity index (χ0v) is 11.3. The van der Waals surface area contributed by atoms with Gasteiger partial charge in [0.25, 0.3) is 0 Å². The number of carboxylic acids is 1. The van der Waals surface area contributed by atoms with Crippen LogP contribution in [0.4, 0.5) is 5.69 Å². The average Bonchev–Trinajstić information content (AvgIpc) is 2.43. The number of nitrogens with one attached hydrogen (secondary N) is 1. The molecule has 1 rings (SSSR count). The lowest BCUT2D eigenvalue weighted by molar-refractivity contribution is -0.137. The van der Waals surface area contributed by atoms with E-state index in [2.05, 4.69) is 5.32 Å². The molecule has 0 atom stereocenters. The first-order valence-corrected chi connectivity index (χ1v) is 6.30. The molecule has 6 heteroatoms. The number of hydrogen-bond acceptors (Lipinski definition) is 4. The predicted molar refractivity (Wildman–Crippen MR) is 74.2 cm³/mol. The van der Waals surface area contributed by atoms with E-state index in [1.807, 2.05) is 13.0 Å². The van der Waals surface area contributed by atoms with E-state index in [0.29, 0.717) is 24.3 Å². The topological polar surface area (TPSA) is 93.4 Å². The fraction of sp³-hybridized carbons (Fsp3) is 0.357. The van der Waals surface area contributed by atoms with Crippen LogP contribution in [0.2, 0.25) is 0 Å². The minimum absolute atomic E-state index is 0.00406. The number of para-hydroxylation sites is 1. The first-order valence-electron chi connectivity index (χ1n) is 6.30. The molecule has 0 heterocycles. The monoisotopic (exact) mass is 275 g/mol. The second-order valence-electron chi connectivity index (χ2n) is 4.22. The lowest BCUT2D eigenvalue weighted by Crippen LogP contribution is -2.34. The lowest BCUT2D eigenvalue weighted by Gasteiger charge is -2.18. The van der Waals surface area contributed by atoms with Crippen molar-refractivity contribution in [3.63, 3.8) is 0 Å². The molecular formula is C14H17N3O3. The second kappa shape index (κ2) is 7.92. The van der Waals surface area contributed by atoms with Crippen molar-refractivity contribution in [3.8, 4) is 6.07 Å². The van der Waals surface area contributed by atoms with Gasteiger partial charge in [-0.15, -0.1) is 0 Å². The van der Waals surface area contributed by atoms with E-state index in [-0.39, 0.29) is 18.9 Å². The average molecular weight is 275 g/mol. The van der Waals surface area contributed by atoms with Gasteiger partial charge in [0.2, 0.25) is 5.91 Å². The van der Waals surface area contributed by atoms with Crippen LogP contribution in [0.15, 0.2) is 24.3 Å². The molecule has 20 heavy (non-hydrogen) atoms. The van der Waals surface area contributed by atoms with Gasteiger partial charge in [0, 0.05) is 6.54 Å². The number of hydrogen-bond donors (Lipinski definition) is 2. The van der Waals surface area contributed by atoms with Crippen LogP contribution < -0.4 is 5.32 Å². The molecule has 0 saturated heterocycles. The number of carboxylic acid groups (broad SMARTS) is 1. The minimum Gasteiger partial charge on any atom is -0.481 e. The quantitative estimate of drug-likeness (QED) is 0.782. The Hall–Kier alpha value is -2.39. The molecule has 0 aromatic heterocycles. The highest BCUT2D eigenvalue weighted by Gasteiger charge is 2.12. The molecular weight excluding hydrogens is 258 g/mol. The Bertz CT molecular complexity index is 523. The highest BCUT2D eigenvalue weighted by atomic mass is 16.4. The van der Waals surface area contributed by atoms with Gasteiger partial charge in [-0.1, -0.05) is 19.1 Å². The van der Waals surface area contributed by atoms with Gasteiger partial charge >= 0.3 is 5.97 Å². The van der Waals surface area contributed by atoms with Crippen LogP contribution >= 0.6 is 0 Å². The number of anilines is 1. The number of carbonyl (C=O) groups excluding carboxylic acids is 1. The summed E-state index contributed by atoms with van der Waals surface area (Å²) in [4.78, 5) is 24.1. The molecule has 106 valence electrons. The summed E-state index contributed by atoms with van der Waals surface area (Å²) in [5.41, 5.74) is 0.865. The number of likely N-dealkylation sites (N-methyl/N-ethyl adjacent to an activating group) is 1. The van der Waals surface area contributed by atoms with Gasteiger partial charge in [0.15, 0.2) is 0 Å². The lowest BCUT2D eigenvalue weighted by atomic mass is 10.2. The standard InChI is InChI=1S/C14H17N3O3/c1-2-17(8-7-14(19)20)10-13(18)16-12-6-4-3-5-11(12)9-15/h3-6H,2,7-8,10H2,1H3,(H,16,18)(H,19,20). The van der Waals surface area contributed by atoms with E-state index in [1.165, 1.54) is 0 Å². The van der Waals surface area contributed by atoms with E-state index in [9.17, 15) is 9.59 Å². The summed E-state index contributed by atoms with van der Waals surface area (Å²) in [6.07, 6.45) is -0.00406. The molecule has 0 unspecified atom stereocenters. The summed E-state index contributed by atoms with van der Waals surface area (Å²) in [5.74, 6) is -1.15. The van der Waals surface area contributed by atoms with Crippen molar-refractivity contribution in [2.24, 2.45) is 0 Å². The van der Waals surface area contributed by atoms with E-state index >= 15 is 0 Å². The van der Waals surface area contributed by atoms with Gasteiger partial charge < -0.3 is 10.4 Å². The van der Waals surface area contributed by atoms with Crippen molar-refractivity contribution in [3.05, 3.63) is 29.8 Å². The van der Waals surface area contributed by atoms with Crippen LogP contribution in [-0.4, -0.2) is 41.5 Å². The minimum atomic E-state index is -0.890. The number of aliphatic carboxylic acids is 1. The summed E-state index contributed by atoms with van der Waals surface area (Å²) >= 11 is 0. The summed E-state index contributed by atoms with van der Waals surface area (Å²) in [7, 11) is 0. The van der Waals surface area contributed by atoms with E-state index in [0.717, 1.165) is 0 Å². The summed E-state index contributed by atoms with van der Waals surface area (Å²) < 4.78 is 0. The molecule has 1 amide bonds. The van der Waals surface area contributed by atoms with Crippen LogP contribution in [0.25, 0.3) is 0 Å². The van der Waals surface area contributed by atoms with Crippen LogP contribution in [0.1, 0.15) is 18.9 Å². The van der Waals surface area contributed by atoms with Crippen LogP contribution in [-0.2, 0) is 9.59 Å². The largest absolute Gasteiger partial charge is 0.481 e. The van der Waals surface area contributed by atoms with Crippen LogP contribution in [0.3, 0.4) is 0 Å². The number of nitrogens with zero attached hydrogens (tertiary/aromatic N) is 2. The molecule has 0 aliphatic rings. The maximum atomic E-state index is 11.9. The summed E-state index contributed by atoms with van der Waals surface area (Å²) in [5, 5.41) is 20.2. The highest BCUT2D eigenvalue weighted by molar-refractivity contribution is 5.93. The summed E-state index contributed by atoms with van der Waals surface area (Å²) in [6, 6.07) is 8.74. The zero-order chi connectivity index (χ0) is 15.0. The van der Waals surface area contributed by atoms with E-state index < -0.39 is 5.97 Å². The highest BCUT2D eigenvalue weighted by Crippen LogP contribution is 2.13. The molecule has 0 spiro atoms. The van der Waals surface area contributed by atoms with Crippen molar-refractivity contribution in [1.82, 2.24) is 4.90 Å². The molecule has 6 nitrogen and oxygen atoms in total. The molecule has 2 N–H and O–H groups in total. The Morgan fingerprint density at radius 1 is 1.40 bits per heavy atom. The van der Waals surface area contributed by atoms with Crippen molar-refractivity contribution in [2.75, 3.05) is 25.0 Å². The summed E-state index contributed by atoms with van der Waals surface area (Å²) in [6.45, 7) is 2.86. The van der Waals surface area contributed by atoms with Gasteiger partial charge in [-0.3, -0.25) is 14.5 Å². The number of benzene rings is 1. The molecule has 1 aromatic rings. The Morgan fingerprint density at radius 2 is 2.10 bits per heavy atom. The number of amides is 1. The zero-order valence-electron chi connectivity index (χ0n) is 11.3. The molecule has 0 fully saturated rings. The van der Waals surface area contributed by atoms with Crippen molar-refractivity contribution < 1.29 is 14.7 Å². The maximum absolute atomic E-state index is 11.9. The fourth-order valence-corrected chi connectivity index (χ4v) is 1.69. The van der Waals surface area contributed by atoms with Gasteiger partial charge in [-0.2, -0.15) is 5.26 Å². The number of nitriles is 1. The first kappa shape index (κ1) is 15.7. The Labute approximate surface area is 117 Å². The predicted octanol–water partition coefficient (Wildman–Crippen LogP) is 1.29.